The highest BCUT2D eigenvalue weighted by molar-refractivity contribution is 5.69. The van der Waals surface area contributed by atoms with Gasteiger partial charge < -0.3 is 19.5 Å². The van der Waals surface area contributed by atoms with Gasteiger partial charge in [-0.05, 0) is 46.5 Å². The molecule has 3 saturated heterocycles. The fourth-order valence-corrected chi connectivity index (χ4v) is 3.75. The molecule has 114 valence electrons. The number of aliphatic hydroxyl groups is 1. The van der Waals surface area contributed by atoms with Gasteiger partial charge in [-0.2, -0.15) is 0 Å². The van der Waals surface area contributed by atoms with Crippen LogP contribution in [0.25, 0.3) is 0 Å². The van der Waals surface area contributed by atoms with E-state index in [1.165, 1.54) is 0 Å². The van der Waals surface area contributed by atoms with E-state index >= 15 is 0 Å². The molecule has 3 heterocycles. The molecule has 1 N–H and O–H groups in total. The predicted octanol–water partition coefficient (Wildman–Crippen LogP) is 1.93. The third-order valence-electron chi connectivity index (χ3n) is 4.80. The van der Waals surface area contributed by atoms with Crippen molar-refractivity contribution in [2.45, 2.75) is 69.7 Å². The van der Waals surface area contributed by atoms with Gasteiger partial charge in [-0.15, -0.1) is 0 Å². The molecule has 1 amide bonds. The smallest absolute Gasteiger partial charge is 0.410 e. The molecule has 0 aromatic rings. The van der Waals surface area contributed by atoms with Gasteiger partial charge in [0.05, 0.1) is 18.8 Å². The number of carbonyl (C=O) groups excluding carboxylic acids is 1. The Labute approximate surface area is 120 Å². The average molecular weight is 283 g/mol. The molecular weight excluding hydrogens is 258 g/mol. The molecule has 3 fully saturated rings. The molecular formula is C15H25NO4. The van der Waals surface area contributed by atoms with Crippen molar-refractivity contribution in [3.8, 4) is 0 Å². The van der Waals surface area contributed by atoms with Crippen molar-refractivity contribution in [3.05, 3.63) is 0 Å². The van der Waals surface area contributed by atoms with E-state index in [-0.39, 0.29) is 24.1 Å². The Kier molecular flexibility index (Phi) is 3.25. The highest BCUT2D eigenvalue weighted by Gasteiger charge is 2.54. The second-order valence-electron chi connectivity index (χ2n) is 7.52. The van der Waals surface area contributed by atoms with Crippen molar-refractivity contribution in [2.75, 3.05) is 13.2 Å². The van der Waals surface area contributed by atoms with Crippen LogP contribution in [-0.2, 0) is 9.47 Å². The van der Waals surface area contributed by atoms with Crippen LogP contribution < -0.4 is 0 Å². The van der Waals surface area contributed by atoms with Crippen LogP contribution in [0.5, 0.6) is 0 Å². The Hall–Kier alpha value is -0.810. The molecule has 3 rings (SSSR count). The summed E-state index contributed by atoms with van der Waals surface area (Å²) in [5, 5.41) is 10.8. The maximum Gasteiger partial charge on any atom is 0.410 e. The molecule has 3 aliphatic heterocycles. The van der Waals surface area contributed by atoms with Gasteiger partial charge in [-0.3, -0.25) is 0 Å². The highest BCUT2D eigenvalue weighted by Crippen LogP contribution is 2.46. The molecule has 0 saturated carbocycles. The highest BCUT2D eigenvalue weighted by atomic mass is 16.6. The van der Waals surface area contributed by atoms with Gasteiger partial charge >= 0.3 is 6.09 Å². The van der Waals surface area contributed by atoms with Gasteiger partial charge in [-0.1, -0.05) is 0 Å². The van der Waals surface area contributed by atoms with Crippen LogP contribution in [0.15, 0.2) is 0 Å². The van der Waals surface area contributed by atoms with E-state index in [1.807, 2.05) is 25.7 Å². The van der Waals surface area contributed by atoms with Gasteiger partial charge in [0.25, 0.3) is 0 Å². The zero-order valence-electron chi connectivity index (χ0n) is 12.6. The van der Waals surface area contributed by atoms with Crippen LogP contribution >= 0.6 is 0 Å². The number of piperidine rings is 1. The molecule has 5 heteroatoms. The van der Waals surface area contributed by atoms with Crippen LogP contribution in [0, 0.1) is 5.92 Å². The maximum absolute atomic E-state index is 12.3. The summed E-state index contributed by atoms with van der Waals surface area (Å²) in [7, 11) is 0. The summed E-state index contributed by atoms with van der Waals surface area (Å²) >= 11 is 0. The summed E-state index contributed by atoms with van der Waals surface area (Å²) in [6.07, 6.45) is 3.05. The van der Waals surface area contributed by atoms with Crippen molar-refractivity contribution in [2.24, 2.45) is 5.92 Å². The fraction of sp³-hybridized carbons (Fsp3) is 0.933. The number of nitrogens with zero attached hydrogens (tertiary/aromatic N) is 1. The number of rotatable bonds is 1. The van der Waals surface area contributed by atoms with Crippen molar-refractivity contribution < 1.29 is 19.4 Å². The lowest BCUT2D eigenvalue weighted by atomic mass is 9.75. The second kappa shape index (κ2) is 4.60. The molecule has 2 unspecified atom stereocenters. The molecule has 0 radical (unpaired) electrons. The SMILES string of the molecule is CC(C)(C)OC(=O)N1C2CCC1CC(O)(C1COC1)C2. The molecule has 20 heavy (non-hydrogen) atoms. The average Bonchev–Trinajstić information content (AvgIpc) is 2.46. The van der Waals surface area contributed by atoms with Crippen molar-refractivity contribution in [1.29, 1.82) is 0 Å². The zero-order chi connectivity index (χ0) is 14.5. The lowest BCUT2D eigenvalue weighted by molar-refractivity contribution is -0.173. The summed E-state index contributed by atoms with van der Waals surface area (Å²) < 4.78 is 10.7. The Morgan fingerprint density at radius 1 is 1.25 bits per heavy atom. The standard InChI is InChI=1S/C15H25NO4/c1-14(2,3)20-13(17)16-11-4-5-12(16)7-15(18,6-11)10-8-19-9-10/h10-12,18H,4-9H2,1-3H3. The summed E-state index contributed by atoms with van der Waals surface area (Å²) in [5.41, 5.74) is -1.12. The first-order valence-electron chi connectivity index (χ1n) is 7.60. The Morgan fingerprint density at radius 3 is 2.20 bits per heavy atom. The summed E-state index contributed by atoms with van der Waals surface area (Å²) in [5.74, 6) is 0.242. The molecule has 0 aliphatic carbocycles. The molecule has 3 aliphatic rings. The molecule has 0 spiro atoms. The maximum atomic E-state index is 12.3. The lowest BCUT2D eigenvalue weighted by Crippen LogP contribution is -2.60. The molecule has 5 nitrogen and oxygen atoms in total. The van der Waals surface area contributed by atoms with Gasteiger partial charge in [0.1, 0.15) is 5.60 Å². The number of fused-ring (bicyclic) bond motifs is 2. The first-order chi connectivity index (χ1) is 9.28. The Morgan fingerprint density at radius 2 is 1.80 bits per heavy atom. The van der Waals surface area contributed by atoms with E-state index in [4.69, 9.17) is 9.47 Å². The molecule has 2 bridgehead atoms. The predicted molar refractivity (Wildman–Crippen MR) is 73.4 cm³/mol. The van der Waals surface area contributed by atoms with E-state index in [0.29, 0.717) is 26.1 Å². The summed E-state index contributed by atoms with van der Waals surface area (Å²) in [6.45, 7) is 6.97. The van der Waals surface area contributed by atoms with Crippen LogP contribution in [0.4, 0.5) is 4.79 Å². The Bertz CT molecular complexity index is 385. The largest absolute Gasteiger partial charge is 0.444 e. The fourth-order valence-electron chi connectivity index (χ4n) is 3.75. The number of amides is 1. The minimum atomic E-state index is -0.650. The van der Waals surface area contributed by atoms with Crippen LogP contribution in [0.3, 0.4) is 0 Å². The summed E-state index contributed by atoms with van der Waals surface area (Å²) in [4.78, 5) is 14.2. The zero-order valence-corrected chi connectivity index (χ0v) is 12.6. The molecule has 0 aromatic heterocycles. The van der Waals surface area contributed by atoms with E-state index in [0.717, 1.165) is 12.8 Å². The Balaban J connectivity index is 1.70. The van der Waals surface area contributed by atoms with Crippen molar-refractivity contribution in [3.63, 3.8) is 0 Å². The van der Waals surface area contributed by atoms with Gasteiger partial charge in [0.2, 0.25) is 0 Å². The minimum absolute atomic E-state index is 0.120. The van der Waals surface area contributed by atoms with Crippen LogP contribution in [0.2, 0.25) is 0 Å². The van der Waals surface area contributed by atoms with E-state index in [2.05, 4.69) is 0 Å². The van der Waals surface area contributed by atoms with E-state index < -0.39 is 11.2 Å². The quantitative estimate of drug-likeness (QED) is 0.799. The minimum Gasteiger partial charge on any atom is -0.444 e. The number of carbonyl (C=O) groups is 1. The lowest BCUT2D eigenvalue weighted by Gasteiger charge is -2.49. The molecule has 0 aromatic carbocycles. The molecule has 2 atom stereocenters. The monoisotopic (exact) mass is 283 g/mol. The first kappa shape index (κ1) is 14.1. The third kappa shape index (κ3) is 2.42. The van der Waals surface area contributed by atoms with Crippen LogP contribution in [-0.4, -0.2) is 52.6 Å². The van der Waals surface area contributed by atoms with E-state index in [9.17, 15) is 9.90 Å². The van der Waals surface area contributed by atoms with Crippen molar-refractivity contribution >= 4 is 6.09 Å². The number of hydrogen-bond acceptors (Lipinski definition) is 4. The summed E-state index contributed by atoms with van der Waals surface area (Å²) in [6, 6.07) is 0.239. The topological polar surface area (TPSA) is 59.0 Å². The first-order valence-corrected chi connectivity index (χ1v) is 7.60. The van der Waals surface area contributed by atoms with E-state index in [1.54, 1.807) is 0 Å². The number of ether oxygens (including phenoxy) is 2. The normalized spacial score (nSPS) is 37.7. The van der Waals surface area contributed by atoms with Gasteiger partial charge in [-0.25, -0.2) is 4.79 Å². The second-order valence-corrected chi connectivity index (χ2v) is 7.52. The third-order valence-corrected chi connectivity index (χ3v) is 4.80. The number of hydrogen-bond donors (Lipinski definition) is 1. The van der Waals surface area contributed by atoms with Gasteiger partial charge in [0, 0.05) is 18.0 Å². The van der Waals surface area contributed by atoms with Crippen LogP contribution in [0.1, 0.15) is 46.5 Å². The van der Waals surface area contributed by atoms with Gasteiger partial charge in [0.15, 0.2) is 0 Å². The van der Waals surface area contributed by atoms with Crippen molar-refractivity contribution in [1.82, 2.24) is 4.90 Å².